The summed E-state index contributed by atoms with van der Waals surface area (Å²) in [5.41, 5.74) is 5.80. The molecule has 0 bridgehead atoms. The van der Waals surface area contributed by atoms with E-state index in [1.807, 2.05) is 0 Å². The van der Waals surface area contributed by atoms with Crippen LogP contribution in [0.5, 0.6) is 0 Å². The Morgan fingerprint density at radius 2 is 1.91 bits per heavy atom. The summed E-state index contributed by atoms with van der Waals surface area (Å²) >= 11 is 0. The molecule has 0 saturated carbocycles. The molecule has 0 aromatic rings. The Balaban J connectivity index is 2.07. The van der Waals surface area contributed by atoms with Gasteiger partial charge >= 0.3 is 0 Å². The number of hydrogen-bond acceptors (Lipinski definition) is 4. The standard InChI is InChI=1S/C7H13NO3/c8-6-5-9-2-1-7(6)10-3-4-11-7/h6H,1-5,8H2/t6-/m1/s1. The van der Waals surface area contributed by atoms with E-state index in [9.17, 15) is 0 Å². The molecule has 1 spiro atoms. The van der Waals surface area contributed by atoms with E-state index in [-0.39, 0.29) is 6.04 Å². The number of ether oxygens (including phenoxy) is 3. The molecule has 0 aromatic heterocycles. The first-order chi connectivity index (χ1) is 5.33. The molecule has 0 aliphatic carbocycles. The highest BCUT2D eigenvalue weighted by molar-refractivity contribution is 4.88. The van der Waals surface area contributed by atoms with Gasteiger partial charge in [0.05, 0.1) is 32.5 Å². The molecule has 64 valence electrons. The van der Waals surface area contributed by atoms with Crippen LogP contribution < -0.4 is 5.73 Å². The lowest BCUT2D eigenvalue weighted by Gasteiger charge is -2.36. The van der Waals surface area contributed by atoms with E-state index < -0.39 is 5.79 Å². The normalized spacial score (nSPS) is 36.3. The van der Waals surface area contributed by atoms with Crippen molar-refractivity contribution in [1.82, 2.24) is 0 Å². The van der Waals surface area contributed by atoms with E-state index in [2.05, 4.69) is 0 Å². The van der Waals surface area contributed by atoms with Gasteiger partial charge in [0.1, 0.15) is 0 Å². The molecular weight excluding hydrogens is 146 g/mol. The van der Waals surface area contributed by atoms with Crippen molar-refractivity contribution in [2.75, 3.05) is 26.4 Å². The molecule has 0 unspecified atom stereocenters. The van der Waals surface area contributed by atoms with Gasteiger partial charge in [-0.15, -0.1) is 0 Å². The quantitative estimate of drug-likeness (QED) is 0.516. The Morgan fingerprint density at radius 3 is 2.55 bits per heavy atom. The van der Waals surface area contributed by atoms with Gasteiger partial charge in [0.2, 0.25) is 0 Å². The maximum Gasteiger partial charge on any atom is 0.188 e. The smallest absolute Gasteiger partial charge is 0.188 e. The molecule has 2 fully saturated rings. The van der Waals surface area contributed by atoms with E-state index in [1.165, 1.54) is 0 Å². The van der Waals surface area contributed by atoms with E-state index in [1.54, 1.807) is 0 Å². The van der Waals surface area contributed by atoms with Crippen LogP contribution in [0.2, 0.25) is 0 Å². The predicted molar refractivity (Wildman–Crippen MR) is 38.0 cm³/mol. The maximum absolute atomic E-state index is 5.80. The van der Waals surface area contributed by atoms with Crippen LogP contribution in [0.4, 0.5) is 0 Å². The highest BCUT2D eigenvalue weighted by Gasteiger charge is 2.44. The number of rotatable bonds is 0. The van der Waals surface area contributed by atoms with Crippen LogP contribution in [0.1, 0.15) is 6.42 Å². The van der Waals surface area contributed by atoms with Crippen molar-refractivity contribution in [2.24, 2.45) is 5.73 Å². The summed E-state index contributed by atoms with van der Waals surface area (Å²) in [7, 11) is 0. The molecule has 2 rings (SSSR count). The second kappa shape index (κ2) is 2.71. The topological polar surface area (TPSA) is 53.7 Å². The van der Waals surface area contributed by atoms with Crippen molar-refractivity contribution >= 4 is 0 Å². The molecule has 0 aromatic carbocycles. The molecule has 1 atom stereocenters. The van der Waals surface area contributed by atoms with Gasteiger partial charge in [0.15, 0.2) is 5.79 Å². The second-order valence-corrected chi connectivity index (χ2v) is 2.94. The first-order valence-corrected chi connectivity index (χ1v) is 3.95. The zero-order chi connectivity index (χ0) is 7.73. The third kappa shape index (κ3) is 1.16. The van der Waals surface area contributed by atoms with Gasteiger partial charge in [-0.25, -0.2) is 0 Å². The SMILES string of the molecule is N[C@@H]1COCCC12OCCO2. The zero-order valence-corrected chi connectivity index (χ0v) is 6.41. The van der Waals surface area contributed by atoms with Gasteiger partial charge in [0, 0.05) is 6.42 Å². The van der Waals surface area contributed by atoms with Crippen molar-refractivity contribution in [3.63, 3.8) is 0 Å². The Kier molecular flexibility index (Phi) is 1.85. The Labute approximate surface area is 65.6 Å². The van der Waals surface area contributed by atoms with E-state index in [0.717, 1.165) is 6.42 Å². The molecule has 0 radical (unpaired) electrons. The molecule has 4 heteroatoms. The fourth-order valence-electron chi connectivity index (χ4n) is 1.57. The fraction of sp³-hybridized carbons (Fsp3) is 1.00. The average molecular weight is 159 g/mol. The van der Waals surface area contributed by atoms with Crippen LogP contribution >= 0.6 is 0 Å². The van der Waals surface area contributed by atoms with Crippen molar-refractivity contribution in [2.45, 2.75) is 18.2 Å². The van der Waals surface area contributed by atoms with Gasteiger partial charge in [-0.1, -0.05) is 0 Å². The van der Waals surface area contributed by atoms with Gasteiger partial charge in [-0.05, 0) is 0 Å². The van der Waals surface area contributed by atoms with Crippen LogP contribution in [-0.4, -0.2) is 38.3 Å². The van der Waals surface area contributed by atoms with Crippen LogP contribution in [0.15, 0.2) is 0 Å². The number of nitrogens with two attached hydrogens (primary N) is 1. The molecule has 4 nitrogen and oxygen atoms in total. The molecule has 2 heterocycles. The minimum absolute atomic E-state index is 0.126. The summed E-state index contributed by atoms with van der Waals surface area (Å²) in [6.07, 6.45) is 0.758. The summed E-state index contributed by atoms with van der Waals surface area (Å²) in [6.45, 7) is 2.55. The summed E-state index contributed by atoms with van der Waals surface area (Å²) in [5.74, 6) is -0.516. The first kappa shape index (κ1) is 7.49. The van der Waals surface area contributed by atoms with Gasteiger partial charge < -0.3 is 19.9 Å². The van der Waals surface area contributed by atoms with Crippen LogP contribution in [0.25, 0.3) is 0 Å². The summed E-state index contributed by atoms with van der Waals surface area (Å²) < 4.78 is 16.1. The molecular formula is C7H13NO3. The first-order valence-electron chi connectivity index (χ1n) is 3.95. The minimum Gasteiger partial charge on any atom is -0.379 e. The van der Waals surface area contributed by atoms with Crippen LogP contribution in [-0.2, 0) is 14.2 Å². The van der Waals surface area contributed by atoms with Gasteiger partial charge in [-0.3, -0.25) is 0 Å². The number of hydrogen-bond donors (Lipinski definition) is 1. The lowest BCUT2D eigenvalue weighted by Crippen LogP contribution is -2.55. The average Bonchev–Trinajstić information content (AvgIpc) is 2.46. The van der Waals surface area contributed by atoms with Crippen molar-refractivity contribution in [3.05, 3.63) is 0 Å². The van der Waals surface area contributed by atoms with E-state index >= 15 is 0 Å². The lowest BCUT2D eigenvalue weighted by molar-refractivity contribution is -0.214. The Morgan fingerprint density at radius 1 is 1.18 bits per heavy atom. The van der Waals surface area contributed by atoms with Crippen molar-refractivity contribution in [3.8, 4) is 0 Å². The molecule has 0 amide bonds. The molecule has 11 heavy (non-hydrogen) atoms. The summed E-state index contributed by atoms with van der Waals surface area (Å²) in [6, 6.07) is -0.126. The zero-order valence-electron chi connectivity index (χ0n) is 6.41. The largest absolute Gasteiger partial charge is 0.379 e. The van der Waals surface area contributed by atoms with Crippen LogP contribution in [0, 0.1) is 0 Å². The summed E-state index contributed by atoms with van der Waals surface area (Å²) in [4.78, 5) is 0. The molecule has 2 aliphatic rings. The molecule has 2 aliphatic heterocycles. The Bertz CT molecular complexity index is 145. The highest BCUT2D eigenvalue weighted by atomic mass is 16.7. The maximum atomic E-state index is 5.80. The predicted octanol–water partition coefficient (Wildman–Crippen LogP) is -0.523. The molecule has 2 saturated heterocycles. The van der Waals surface area contributed by atoms with Gasteiger partial charge in [-0.2, -0.15) is 0 Å². The lowest BCUT2D eigenvalue weighted by atomic mass is 10.0. The molecule has 2 N–H and O–H groups in total. The third-order valence-corrected chi connectivity index (χ3v) is 2.23. The third-order valence-electron chi connectivity index (χ3n) is 2.23. The van der Waals surface area contributed by atoms with Crippen LogP contribution in [0.3, 0.4) is 0 Å². The monoisotopic (exact) mass is 159 g/mol. The van der Waals surface area contributed by atoms with E-state index in [0.29, 0.717) is 26.4 Å². The summed E-state index contributed by atoms with van der Waals surface area (Å²) in [5, 5.41) is 0. The Hall–Kier alpha value is -0.160. The highest BCUT2D eigenvalue weighted by Crippen LogP contribution is 2.29. The van der Waals surface area contributed by atoms with Crippen molar-refractivity contribution < 1.29 is 14.2 Å². The second-order valence-electron chi connectivity index (χ2n) is 2.94. The van der Waals surface area contributed by atoms with Crippen molar-refractivity contribution in [1.29, 1.82) is 0 Å². The fourth-order valence-corrected chi connectivity index (χ4v) is 1.57. The van der Waals surface area contributed by atoms with E-state index in [4.69, 9.17) is 19.9 Å². The van der Waals surface area contributed by atoms with Gasteiger partial charge in [0.25, 0.3) is 0 Å². The minimum atomic E-state index is -0.516.